The number of carbonyl (C=O) groups excluding carboxylic acids is 2. The molecule has 0 radical (unpaired) electrons. The van der Waals surface area contributed by atoms with Gasteiger partial charge in [-0.05, 0) is 60.4 Å². The highest BCUT2D eigenvalue weighted by molar-refractivity contribution is 5.97. The Kier molecular flexibility index (Phi) is 7.92. The van der Waals surface area contributed by atoms with E-state index >= 15 is 0 Å². The molecular weight excluding hydrogens is 439 g/mol. The number of allylic oxidation sites excluding steroid dienone is 1. The van der Waals surface area contributed by atoms with E-state index in [2.05, 4.69) is 10.3 Å². The number of aryl methyl sites for hydroxylation is 1. The summed E-state index contributed by atoms with van der Waals surface area (Å²) in [6.07, 6.45) is 5.06. The lowest BCUT2D eigenvalue weighted by Crippen LogP contribution is -2.41. The molecule has 4 N–H and O–H groups in total. The van der Waals surface area contributed by atoms with Crippen LogP contribution in [0.1, 0.15) is 40.0 Å². The zero-order valence-electron chi connectivity index (χ0n) is 18.6. The van der Waals surface area contributed by atoms with Crippen LogP contribution in [0.15, 0.2) is 61.1 Å². The molecule has 2 aromatic carbocycles. The maximum Gasteiger partial charge on any atom is 0.326 e. The van der Waals surface area contributed by atoms with Crippen LogP contribution in [-0.4, -0.2) is 38.5 Å². The van der Waals surface area contributed by atoms with Crippen LogP contribution in [0.2, 0.25) is 0 Å². The van der Waals surface area contributed by atoms with Gasteiger partial charge in [0.2, 0.25) is 5.91 Å². The lowest BCUT2D eigenvalue weighted by atomic mass is 10.0. The standard InChI is InChI=1S/C25H25FN4O4/c1-16-13-28-15-30(16)14-20(18-5-7-21(26)8-6-18)12-17-3-2-4-19(11-17)24(32)29-22(25(33)34)9-10-23(27)31/h2-8,11-13,15,22H,9-10,14H2,1H3,(H2,27,31)(H,29,32)(H,33,34)/b20-12-/t22-/m0/s1. The Morgan fingerprint density at radius 2 is 1.91 bits per heavy atom. The largest absolute Gasteiger partial charge is 0.480 e. The summed E-state index contributed by atoms with van der Waals surface area (Å²) < 4.78 is 15.4. The molecule has 176 valence electrons. The monoisotopic (exact) mass is 464 g/mol. The molecule has 0 fully saturated rings. The molecule has 0 saturated heterocycles. The normalized spacial score (nSPS) is 12.2. The topological polar surface area (TPSA) is 127 Å². The van der Waals surface area contributed by atoms with Crippen molar-refractivity contribution in [1.29, 1.82) is 0 Å². The summed E-state index contributed by atoms with van der Waals surface area (Å²) in [4.78, 5) is 39.2. The van der Waals surface area contributed by atoms with Crippen molar-refractivity contribution in [3.63, 3.8) is 0 Å². The van der Waals surface area contributed by atoms with Crippen LogP contribution in [0.4, 0.5) is 4.39 Å². The van der Waals surface area contributed by atoms with E-state index in [1.165, 1.54) is 12.1 Å². The van der Waals surface area contributed by atoms with Crippen LogP contribution in [0, 0.1) is 12.7 Å². The molecule has 1 atom stereocenters. The number of primary amides is 1. The molecule has 0 saturated carbocycles. The van der Waals surface area contributed by atoms with Crippen LogP contribution in [0.3, 0.4) is 0 Å². The average molecular weight is 464 g/mol. The fourth-order valence-corrected chi connectivity index (χ4v) is 3.38. The Balaban J connectivity index is 1.88. The number of aliphatic carboxylic acids is 1. The molecule has 0 unspecified atom stereocenters. The summed E-state index contributed by atoms with van der Waals surface area (Å²) in [7, 11) is 0. The van der Waals surface area contributed by atoms with E-state index in [1.807, 2.05) is 23.6 Å². The van der Waals surface area contributed by atoms with Gasteiger partial charge in [-0.1, -0.05) is 24.3 Å². The van der Waals surface area contributed by atoms with Crippen LogP contribution >= 0.6 is 0 Å². The first kappa shape index (κ1) is 24.4. The van der Waals surface area contributed by atoms with E-state index in [0.717, 1.165) is 16.8 Å². The smallest absolute Gasteiger partial charge is 0.326 e. The number of nitrogens with zero attached hydrogens (tertiary/aromatic N) is 2. The third-order valence-electron chi connectivity index (χ3n) is 5.25. The van der Waals surface area contributed by atoms with E-state index in [0.29, 0.717) is 12.1 Å². The zero-order valence-corrected chi connectivity index (χ0v) is 18.6. The number of imidazole rings is 1. The minimum atomic E-state index is -1.25. The van der Waals surface area contributed by atoms with E-state index in [4.69, 9.17) is 5.73 Å². The highest BCUT2D eigenvalue weighted by atomic mass is 19.1. The van der Waals surface area contributed by atoms with Gasteiger partial charge < -0.3 is 20.7 Å². The quantitative estimate of drug-likeness (QED) is 0.398. The maximum atomic E-state index is 13.5. The van der Waals surface area contributed by atoms with Gasteiger partial charge in [0.25, 0.3) is 5.91 Å². The molecule has 0 spiro atoms. The molecule has 3 aromatic rings. The number of hydrogen-bond acceptors (Lipinski definition) is 4. The van der Waals surface area contributed by atoms with Gasteiger partial charge in [-0.15, -0.1) is 0 Å². The van der Waals surface area contributed by atoms with Gasteiger partial charge in [-0.3, -0.25) is 9.59 Å². The predicted molar refractivity (Wildman–Crippen MR) is 125 cm³/mol. The molecule has 0 bridgehead atoms. The Labute approximate surface area is 195 Å². The highest BCUT2D eigenvalue weighted by Crippen LogP contribution is 2.22. The average Bonchev–Trinajstić information content (AvgIpc) is 3.20. The molecule has 1 heterocycles. The summed E-state index contributed by atoms with van der Waals surface area (Å²) in [5.74, 6) is -2.82. The van der Waals surface area contributed by atoms with Crippen molar-refractivity contribution >= 4 is 29.4 Å². The minimum absolute atomic E-state index is 0.102. The number of hydrogen-bond donors (Lipinski definition) is 3. The van der Waals surface area contributed by atoms with Crippen molar-refractivity contribution < 1.29 is 23.9 Å². The summed E-state index contributed by atoms with van der Waals surface area (Å²) in [5, 5.41) is 11.8. The van der Waals surface area contributed by atoms with Crippen LogP contribution < -0.4 is 11.1 Å². The number of rotatable bonds is 10. The second-order valence-electron chi connectivity index (χ2n) is 7.83. The minimum Gasteiger partial charge on any atom is -0.480 e. The van der Waals surface area contributed by atoms with Gasteiger partial charge in [0.15, 0.2) is 0 Å². The number of halogens is 1. The summed E-state index contributed by atoms with van der Waals surface area (Å²) in [6.45, 7) is 2.40. The lowest BCUT2D eigenvalue weighted by Gasteiger charge is -2.14. The van der Waals surface area contributed by atoms with Crippen molar-refractivity contribution in [2.75, 3.05) is 0 Å². The van der Waals surface area contributed by atoms with Gasteiger partial charge in [-0.25, -0.2) is 14.2 Å². The van der Waals surface area contributed by atoms with E-state index in [1.54, 1.807) is 42.9 Å². The molecule has 0 aliphatic heterocycles. The van der Waals surface area contributed by atoms with Crippen LogP contribution in [-0.2, 0) is 16.1 Å². The van der Waals surface area contributed by atoms with Crippen molar-refractivity contribution in [3.05, 3.63) is 89.3 Å². The molecular formula is C25H25FN4O4. The number of carboxylic acids is 1. The first-order chi connectivity index (χ1) is 16.2. The molecule has 9 heteroatoms. The number of aromatic nitrogens is 2. The first-order valence-corrected chi connectivity index (χ1v) is 10.6. The highest BCUT2D eigenvalue weighted by Gasteiger charge is 2.21. The van der Waals surface area contributed by atoms with Crippen LogP contribution in [0.25, 0.3) is 11.6 Å². The summed E-state index contributed by atoms with van der Waals surface area (Å²) in [6, 6.07) is 11.6. The van der Waals surface area contributed by atoms with Crippen molar-refractivity contribution in [2.45, 2.75) is 32.4 Å². The van der Waals surface area contributed by atoms with Gasteiger partial charge in [0.05, 0.1) is 6.33 Å². The Morgan fingerprint density at radius 3 is 2.53 bits per heavy atom. The van der Waals surface area contributed by atoms with Gasteiger partial charge >= 0.3 is 5.97 Å². The molecule has 0 aliphatic rings. The van der Waals surface area contributed by atoms with Gasteiger partial charge in [-0.2, -0.15) is 0 Å². The second-order valence-corrected chi connectivity index (χ2v) is 7.83. The number of benzene rings is 2. The number of carbonyl (C=O) groups is 3. The third kappa shape index (κ3) is 6.61. The molecule has 2 amide bonds. The Morgan fingerprint density at radius 1 is 1.18 bits per heavy atom. The molecule has 8 nitrogen and oxygen atoms in total. The van der Waals surface area contributed by atoms with E-state index in [-0.39, 0.29) is 24.2 Å². The van der Waals surface area contributed by atoms with Crippen molar-refractivity contribution in [3.8, 4) is 0 Å². The fourth-order valence-electron chi connectivity index (χ4n) is 3.38. The SMILES string of the molecule is Cc1cncn1C/C(=C/c1cccc(C(=O)N[C@@H](CCC(N)=O)C(=O)O)c1)c1ccc(F)cc1. The predicted octanol–water partition coefficient (Wildman–Crippen LogP) is 3.02. The number of nitrogens with one attached hydrogen (secondary N) is 1. The summed E-state index contributed by atoms with van der Waals surface area (Å²) in [5.41, 5.74) is 8.68. The maximum absolute atomic E-state index is 13.5. The number of carboxylic acid groups (broad SMARTS) is 1. The van der Waals surface area contributed by atoms with E-state index < -0.39 is 23.8 Å². The Bertz CT molecular complexity index is 1220. The third-order valence-corrected chi connectivity index (χ3v) is 5.25. The van der Waals surface area contributed by atoms with Crippen molar-refractivity contribution in [1.82, 2.24) is 14.9 Å². The number of amides is 2. The molecule has 34 heavy (non-hydrogen) atoms. The van der Waals surface area contributed by atoms with Crippen LogP contribution in [0.5, 0.6) is 0 Å². The zero-order chi connectivity index (χ0) is 24.7. The Hall–Kier alpha value is -4.27. The van der Waals surface area contributed by atoms with Crippen molar-refractivity contribution in [2.24, 2.45) is 5.73 Å². The van der Waals surface area contributed by atoms with E-state index in [9.17, 15) is 23.9 Å². The van der Waals surface area contributed by atoms with Gasteiger partial charge in [0, 0.05) is 30.4 Å². The fraction of sp³-hybridized carbons (Fsp3) is 0.200. The first-order valence-electron chi connectivity index (χ1n) is 10.6. The molecule has 3 rings (SSSR count). The second kappa shape index (κ2) is 11.0. The molecule has 0 aliphatic carbocycles. The molecule has 1 aromatic heterocycles. The van der Waals surface area contributed by atoms with Gasteiger partial charge in [0.1, 0.15) is 11.9 Å². The number of nitrogens with two attached hydrogens (primary N) is 1. The summed E-state index contributed by atoms with van der Waals surface area (Å²) >= 11 is 0. The lowest BCUT2D eigenvalue weighted by molar-refractivity contribution is -0.139.